The number of benzene rings is 1. The standard InChI is InChI=1S/C21H25N7O5S/c1-15(29)26-8-10-28(11-9-26)34(31,32)17-5-3-16(4-6-17)21(30)33-12-2-7-27-14-25-18-19(22)23-13-24-20(18)27/h3-6,13-14H,2,7-12H2,1H3,(H2,22,23,24). The molecule has 3 heterocycles. The second-order valence-corrected chi connectivity index (χ2v) is 9.73. The Kier molecular flexibility index (Phi) is 6.75. The number of sulfonamides is 1. The van der Waals surface area contributed by atoms with Crippen molar-refractivity contribution in [3.8, 4) is 0 Å². The number of aromatic nitrogens is 4. The van der Waals surface area contributed by atoms with Gasteiger partial charge in [-0.15, -0.1) is 0 Å². The van der Waals surface area contributed by atoms with Crippen LogP contribution in [0.3, 0.4) is 0 Å². The number of ether oxygens (including phenoxy) is 1. The molecule has 1 aliphatic rings. The monoisotopic (exact) mass is 487 g/mol. The summed E-state index contributed by atoms with van der Waals surface area (Å²) in [6.07, 6.45) is 3.50. The van der Waals surface area contributed by atoms with Crippen molar-refractivity contribution in [3.05, 3.63) is 42.5 Å². The van der Waals surface area contributed by atoms with E-state index in [0.29, 0.717) is 43.0 Å². The van der Waals surface area contributed by atoms with E-state index >= 15 is 0 Å². The molecular weight excluding hydrogens is 462 g/mol. The van der Waals surface area contributed by atoms with Gasteiger partial charge in [0.15, 0.2) is 11.5 Å². The topological polar surface area (TPSA) is 154 Å². The molecule has 1 fully saturated rings. The van der Waals surface area contributed by atoms with Gasteiger partial charge < -0.3 is 19.9 Å². The first-order valence-corrected chi connectivity index (χ1v) is 12.2. The predicted molar refractivity (Wildman–Crippen MR) is 122 cm³/mol. The number of rotatable bonds is 7. The Balaban J connectivity index is 1.29. The van der Waals surface area contributed by atoms with Crippen LogP contribution in [-0.2, 0) is 26.1 Å². The van der Waals surface area contributed by atoms with Gasteiger partial charge in [0.05, 0.1) is 23.4 Å². The highest BCUT2D eigenvalue weighted by molar-refractivity contribution is 7.89. The summed E-state index contributed by atoms with van der Waals surface area (Å²) in [6, 6.07) is 5.66. The third kappa shape index (κ3) is 4.84. The summed E-state index contributed by atoms with van der Waals surface area (Å²) in [6.45, 7) is 3.33. The van der Waals surface area contributed by atoms with Crippen molar-refractivity contribution in [3.63, 3.8) is 0 Å². The lowest BCUT2D eigenvalue weighted by molar-refractivity contribution is -0.129. The number of nitrogens with two attached hydrogens (primary N) is 1. The van der Waals surface area contributed by atoms with E-state index in [2.05, 4.69) is 15.0 Å². The summed E-state index contributed by atoms with van der Waals surface area (Å²) >= 11 is 0. The van der Waals surface area contributed by atoms with Crippen LogP contribution in [0.4, 0.5) is 5.82 Å². The van der Waals surface area contributed by atoms with Crippen molar-refractivity contribution in [1.82, 2.24) is 28.7 Å². The van der Waals surface area contributed by atoms with E-state index in [1.807, 2.05) is 0 Å². The summed E-state index contributed by atoms with van der Waals surface area (Å²) < 4.78 is 34.2. The highest BCUT2D eigenvalue weighted by Gasteiger charge is 2.29. The van der Waals surface area contributed by atoms with Crippen LogP contribution in [0.5, 0.6) is 0 Å². The maximum Gasteiger partial charge on any atom is 0.338 e. The van der Waals surface area contributed by atoms with Gasteiger partial charge in [0, 0.05) is 39.6 Å². The van der Waals surface area contributed by atoms with Crippen molar-refractivity contribution in [2.75, 3.05) is 38.5 Å². The Morgan fingerprint density at radius 2 is 1.76 bits per heavy atom. The van der Waals surface area contributed by atoms with Crippen LogP contribution in [0.15, 0.2) is 41.8 Å². The Morgan fingerprint density at radius 1 is 1.06 bits per heavy atom. The molecule has 0 saturated carbocycles. The second kappa shape index (κ2) is 9.73. The van der Waals surface area contributed by atoms with Crippen molar-refractivity contribution in [1.29, 1.82) is 0 Å². The normalized spacial score (nSPS) is 14.9. The van der Waals surface area contributed by atoms with E-state index in [9.17, 15) is 18.0 Å². The van der Waals surface area contributed by atoms with Gasteiger partial charge in [-0.05, 0) is 30.7 Å². The Labute approximate surface area is 196 Å². The molecular formula is C21H25N7O5S. The lowest BCUT2D eigenvalue weighted by Crippen LogP contribution is -2.49. The minimum atomic E-state index is -3.71. The molecule has 2 N–H and O–H groups in total. The van der Waals surface area contributed by atoms with Crippen LogP contribution in [0.25, 0.3) is 11.2 Å². The molecule has 3 aromatic rings. The number of carbonyl (C=O) groups is 2. The summed E-state index contributed by atoms with van der Waals surface area (Å²) in [5.41, 5.74) is 7.17. The first-order valence-electron chi connectivity index (χ1n) is 10.7. The SMILES string of the molecule is CC(=O)N1CCN(S(=O)(=O)c2ccc(C(=O)OCCCn3cnc4c(N)ncnc43)cc2)CC1. The maximum atomic E-state index is 12.9. The van der Waals surface area contributed by atoms with Gasteiger partial charge >= 0.3 is 5.97 Å². The number of aryl methyl sites for hydroxylation is 1. The number of anilines is 1. The molecule has 4 rings (SSSR count). The van der Waals surface area contributed by atoms with Crippen molar-refractivity contribution < 1.29 is 22.7 Å². The smallest absolute Gasteiger partial charge is 0.338 e. The Morgan fingerprint density at radius 3 is 2.44 bits per heavy atom. The molecule has 1 aliphatic heterocycles. The van der Waals surface area contributed by atoms with E-state index in [0.717, 1.165) is 0 Å². The molecule has 0 unspecified atom stereocenters. The Hall–Kier alpha value is -3.58. The fourth-order valence-electron chi connectivity index (χ4n) is 3.70. The number of hydrogen-bond acceptors (Lipinski definition) is 9. The molecule has 0 spiro atoms. The number of esters is 1. The van der Waals surface area contributed by atoms with Crippen LogP contribution in [0.2, 0.25) is 0 Å². The third-order valence-electron chi connectivity index (χ3n) is 5.62. The first-order chi connectivity index (χ1) is 16.3. The number of fused-ring (bicyclic) bond motifs is 1. The summed E-state index contributed by atoms with van der Waals surface area (Å²) in [4.78, 5) is 37.8. The fraction of sp³-hybridized carbons (Fsp3) is 0.381. The molecule has 0 bridgehead atoms. The molecule has 0 aliphatic carbocycles. The number of hydrogen-bond donors (Lipinski definition) is 1. The lowest BCUT2D eigenvalue weighted by atomic mass is 10.2. The molecule has 13 heteroatoms. The number of amides is 1. The highest BCUT2D eigenvalue weighted by Crippen LogP contribution is 2.19. The molecule has 1 saturated heterocycles. The summed E-state index contributed by atoms with van der Waals surface area (Å²) in [7, 11) is -3.71. The minimum Gasteiger partial charge on any atom is -0.462 e. The second-order valence-electron chi connectivity index (χ2n) is 7.79. The van der Waals surface area contributed by atoms with Crippen LogP contribution in [0.1, 0.15) is 23.7 Å². The molecule has 34 heavy (non-hydrogen) atoms. The van der Waals surface area contributed by atoms with Gasteiger partial charge in [0.2, 0.25) is 15.9 Å². The van der Waals surface area contributed by atoms with Crippen molar-refractivity contribution in [2.24, 2.45) is 0 Å². The fourth-order valence-corrected chi connectivity index (χ4v) is 5.12. The van der Waals surface area contributed by atoms with E-state index < -0.39 is 16.0 Å². The minimum absolute atomic E-state index is 0.0723. The van der Waals surface area contributed by atoms with Crippen LogP contribution >= 0.6 is 0 Å². The van der Waals surface area contributed by atoms with Crippen molar-refractivity contribution >= 4 is 38.9 Å². The highest BCUT2D eigenvalue weighted by atomic mass is 32.2. The molecule has 12 nitrogen and oxygen atoms in total. The van der Waals surface area contributed by atoms with Gasteiger partial charge in [0.25, 0.3) is 0 Å². The number of imidazole rings is 1. The summed E-state index contributed by atoms with van der Waals surface area (Å²) in [5.74, 6) is -0.308. The van der Waals surface area contributed by atoms with Crippen molar-refractivity contribution in [2.45, 2.75) is 24.8 Å². The third-order valence-corrected chi connectivity index (χ3v) is 7.53. The summed E-state index contributed by atoms with van der Waals surface area (Å²) in [5, 5.41) is 0. The van der Waals surface area contributed by atoms with Crippen LogP contribution in [-0.4, -0.2) is 81.8 Å². The quantitative estimate of drug-likeness (QED) is 0.371. The Bertz CT molecular complexity index is 1300. The number of piperazine rings is 1. The average Bonchev–Trinajstić information content (AvgIpc) is 3.26. The largest absolute Gasteiger partial charge is 0.462 e. The maximum absolute atomic E-state index is 12.9. The van der Waals surface area contributed by atoms with Crippen LogP contribution < -0.4 is 5.73 Å². The lowest BCUT2D eigenvalue weighted by Gasteiger charge is -2.33. The predicted octanol–water partition coefficient (Wildman–Crippen LogP) is 0.508. The number of nitrogen functional groups attached to an aromatic ring is 1. The van der Waals surface area contributed by atoms with E-state index in [-0.39, 0.29) is 36.1 Å². The molecule has 180 valence electrons. The van der Waals surface area contributed by atoms with Gasteiger partial charge in [-0.25, -0.2) is 28.2 Å². The first kappa shape index (κ1) is 23.6. The zero-order chi connectivity index (χ0) is 24.3. The van der Waals surface area contributed by atoms with Gasteiger partial charge in [0.1, 0.15) is 11.8 Å². The molecule has 0 atom stereocenters. The van der Waals surface area contributed by atoms with E-state index in [4.69, 9.17) is 10.5 Å². The average molecular weight is 488 g/mol. The zero-order valence-corrected chi connectivity index (χ0v) is 19.4. The van der Waals surface area contributed by atoms with Crippen LogP contribution in [0, 0.1) is 0 Å². The van der Waals surface area contributed by atoms with Gasteiger partial charge in [-0.2, -0.15) is 4.31 Å². The van der Waals surface area contributed by atoms with Gasteiger partial charge in [-0.3, -0.25) is 4.79 Å². The number of nitrogens with zero attached hydrogens (tertiary/aromatic N) is 6. The van der Waals surface area contributed by atoms with E-state index in [1.165, 1.54) is 41.8 Å². The van der Waals surface area contributed by atoms with E-state index in [1.54, 1.807) is 15.8 Å². The molecule has 1 amide bonds. The zero-order valence-electron chi connectivity index (χ0n) is 18.6. The molecule has 2 aromatic heterocycles. The number of carbonyl (C=O) groups excluding carboxylic acids is 2. The molecule has 0 radical (unpaired) electrons. The van der Waals surface area contributed by atoms with Gasteiger partial charge in [-0.1, -0.05) is 0 Å². The molecule has 1 aromatic carbocycles.